The van der Waals surface area contributed by atoms with Crippen LogP contribution in [0.2, 0.25) is 5.02 Å². The molecule has 2 amide bonds. The maximum Gasteiger partial charge on any atom is 0.267 e. The standard InChI is InChI=1S/C26H19ClN2O2S2/c1-16(17-9-3-2-4-10-17)29-25(31)23(33-26(29)32)22-19-12-6-8-14-21(19)28(24(22)30)15-18-11-5-7-13-20(18)27/h2-14,16H,15H2,1H3/b23-22-/t16-/m0/s1. The highest BCUT2D eigenvalue weighted by molar-refractivity contribution is 8.26. The van der Waals surface area contributed by atoms with Gasteiger partial charge in [0, 0.05) is 10.6 Å². The zero-order chi connectivity index (χ0) is 23.1. The minimum Gasteiger partial charge on any atom is -0.303 e. The molecule has 1 fully saturated rings. The second-order valence-corrected chi connectivity index (χ2v) is 9.89. The lowest BCUT2D eigenvalue weighted by molar-refractivity contribution is -0.123. The first-order valence-electron chi connectivity index (χ1n) is 10.5. The molecule has 0 N–H and O–H groups in total. The van der Waals surface area contributed by atoms with E-state index in [1.807, 2.05) is 79.7 Å². The van der Waals surface area contributed by atoms with Gasteiger partial charge in [0.05, 0.1) is 28.8 Å². The van der Waals surface area contributed by atoms with Crippen molar-refractivity contribution in [3.8, 4) is 0 Å². The lowest BCUT2D eigenvalue weighted by Crippen LogP contribution is -2.31. The van der Waals surface area contributed by atoms with Crippen LogP contribution < -0.4 is 4.90 Å². The normalized spacial score (nSPS) is 18.8. The number of hydrogen-bond acceptors (Lipinski definition) is 4. The van der Waals surface area contributed by atoms with Crippen molar-refractivity contribution in [3.63, 3.8) is 0 Å². The third-order valence-electron chi connectivity index (χ3n) is 5.90. The molecule has 0 radical (unpaired) electrons. The van der Waals surface area contributed by atoms with E-state index in [9.17, 15) is 9.59 Å². The fourth-order valence-electron chi connectivity index (χ4n) is 4.20. The Bertz CT molecular complexity index is 1320. The van der Waals surface area contributed by atoms with E-state index in [1.54, 1.807) is 15.9 Å². The Balaban J connectivity index is 1.55. The summed E-state index contributed by atoms with van der Waals surface area (Å²) in [6.45, 7) is 2.27. The average Bonchev–Trinajstić information content (AvgIpc) is 3.27. The topological polar surface area (TPSA) is 40.6 Å². The second kappa shape index (κ2) is 8.78. The first-order valence-corrected chi connectivity index (χ1v) is 12.1. The molecule has 2 aliphatic heterocycles. The minimum absolute atomic E-state index is 0.219. The number of halogens is 1. The Morgan fingerprint density at radius 1 is 0.909 bits per heavy atom. The summed E-state index contributed by atoms with van der Waals surface area (Å²) >= 11 is 13.1. The fraction of sp³-hybridized carbons (Fsp3) is 0.115. The van der Waals surface area contributed by atoms with Crippen molar-refractivity contribution in [3.05, 3.63) is 105 Å². The van der Waals surface area contributed by atoms with Gasteiger partial charge in [0.1, 0.15) is 4.32 Å². The number of carbonyl (C=O) groups is 2. The van der Waals surface area contributed by atoms with Crippen LogP contribution in [0.15, 0.2) is 83.8 Å². The average molecular weight is 491 g/mol. The Morgan fingerprint density at radius 2 is 1.58 bits per heavy atom. The van der Waals surface area contributed by atoms with Gasteiger partial charge in [0.25, 0.3) is 11.8 Å². The number of carbonyl (C=O) groups excluding carboxylic acids is 2. The summed E-state index contributed by atoms with van der Waals surface area (Å²) in [6, 6.07) is 24.5. The van der Waals surface area contributed by atoms with Crippen molar-refractivity contribution in [1.29, 1.82) is 0 Å². The molecule has 0 bridgehead atoms. The molecule has 7 heteroatoms. The van der Waals surface area contributed by atoms with Crippen LogP contribution in [0, 0.1) is 0 Å². The molecular weight excluding hydrogens is 472 g/mol. The van der Waals surface area contributed by atoms with Gasteiger partial charge < -0.3 is 4.90 Å². The molecule has 2 heterocycles. The molecule has 3 aromatic rings. The van der Waals surface area contributed by atoms with E-state index in [0.29, 0.717) is 26.4 Å². The van der Waals surface area contributed by atoms with Crippen LogP contribution in [0.1, 0.15) is 29.7 Å². The van der Waals surface area contributed by atoms with Gasteiger partial charge >= 0.3 is 0 Å². The summed E-state index contributed by atoms with van der Waals surface area (Å²) in [5.74, 6) is -0.455. The molecule has 164 valence electrons. The zero-order valence-corrected chi connectivity index (χ0v) is 20.1. The zero-order valence-electron chi connectivity index (χ0n) is 17.7. The highest BCUT2D eigenvalue weighted by Crippen LogP contribution is 2.46. The lowest BCUT2D eigenvalue weighted by atomic mass is 10.1. The number of amides is 2. The smallest absolute Gasteiger partial charge is 0.267 e. The fourth-order valence-corrected chi connectivity index (χ4v) is 5.88. The first-order chi connectivity index (χ1) is 16.0. The Hall–Kier alpha value is -2.93. The minimum atomic E-state index is -0.237. The number of nitrogens with zero attached hydrogens (tertiary/aromatic N) is 2. The van der Waals surface area contributed by atoms with Crippen molar-refractivity contribution in [2.24, 2.45) is 0 Å². The Labute approximate surface area is 206 Å². The quantitative estimate of drug-likeness (QED) is 0.321. The number of benzene rings is 3. The van der Waals surface area contributed by atoms with Gasteiger partial charge in [-0.3, -0.25) is 14.5 Å². The number of para-hydroxylation sites is 1. The number of anilines is 1. The first kappa shape index (κ1) is 21.9. The molecule has 1 atom stereocenters. The maximum absolute atomic E-state index is 13.7. The summed E-state index contributed by atoms with van der Waals surface area (Å²) in [5.41, 5.74) is 3.73. The molecule has 5 rings (SSSR count). The van der Waals surface area contributed by atoms with Gasteiger partial charge in [-0.05, 0) is 30.2 Å². The van der Waals surface area contributed by atoms with Crippen LogP contribution in [0.5, 0.6) is 0 Å². The van der Waals surface area contributed by atoms with Crippen LogP contribution >= 0.6 is 35.6 Å². The predicted molar refractivity (Wildman–Crippen MR) is 138 cm³/mol. The summed E-state index contributed by atoms with van der Waals surface area (Å²) in [5, 5.41) is 0.597. The monoisotopic (exact) mass is 490 g/mol. The summed E-state index contributed by atoms with van der Waals surface area (Å²) in [7, 11) is 0. The van der Waals surface area contributed by atoms with Gasteiger partial charge in [0.15, 0.2) is 0 Å². The molecule has 1 saturated heterocycles. The van der Waals surface area contributed by atoms with Gasteiger partial charge in [-0.25, -0.2) is 0 Å². The molecule has 0 saturated carbocycles. The van der Waals surface area contributed by atoms with E-state index in [0.717, 1.165) is 22.4 Å². The summed E-state index contributed by atoms with van der Waals surface area (Å²) < 4.78 is 0.452. The van der Waals surface area contributed by atoms with E-state index in [4.69, 9.17) is 23.8 Å². The largest absolute Gasteiger partial charge is 0.303 e. The Morgan fingerprint density at radius 3 is 2.33 bits per heavy atom. The number of hydrogen-bond donors (Lipinski definition) is 0. The van der Waals surface area contributed by atoms with Crippen LogP contribution in [-0.4, -0.2) is 21.0 Å². The third kappa shape index (κ3) is 3.78. The van der Waals surface area contributed by atoms with E-state index >= 15 is 0 Å². The molecule has 0 aromatic heterocycles. The molecule has 33 heavy (non-hydrogen) atoms. The Kier molecular flexibility index (Phi) is 5.83. The van der Waals surface area contributed by atoms with E-state index in [1.165, 1.54) is 11.8 Å². The van der Waals surface area contributed by atoms with E-state index in [-0.39, 0.29) is 17.9 Å². The van der Waals surface area contributed by atoms with Crippen molar-refractivity contribution >= 4 is 63.0 Å². The van der Waals surface area contributed by atoms with Gasteiger partial charge in [0.2, 0.25) is 0 Å². The molecule has 0 spiro atoms. The van der Waals surface area contributed by atoms with Crippen LogP contribution in [0.4, 0.5) is 5.69 Å². The number of rotatable bonds is 4. The number of thioether (sulfide) groups is 1. The van der Waals surface area contributed by atoms with Crippen molar-refractivity contribution in [2.45, 2.75) is 19.5 Å². The molecule has 0 unspecified atom stereocenters. The van der Waals surface area contributed by atoms with Crippen molar-refractivity contribution in [1.82, 2.24) is 4.90 Å². The highest BCUT2D eigenvalue weighted by atomic mass is 35.5. The van der Waals surface area contributed by atoms with Crippen LogP contribution in [0.3, 0.4) is 0 Å². The number of fused-ring (bicyclic) bond motifs is 1. The highest BCUT2D eigenvalue weighted by Gasteiger charge is 2.43. The predicted octanol–water partition coefficient (Wildman–Crippen LogP) is 6.22. The molecule has 3 aromatic carbocycles. The molecule has 4 nitrogen and oxygen atoms in total. The van der Waals surface area contributed by atoms with Crippen molar-refractivity contribution in [2.75, 3.05) is 4.90 Å². The van der Waals surface area contributed by atoms with E-state index < -0.39 is 0 Å². The second-order valence-electron chi connectivity index (χ2n) is 7.83. The summed E-state index contributed by atoms with van der Waals surface area (Å²) in [6.07, 6.45) is 0. The summed E-state index contributed by atoms with van der Waals surface area (Å²) in [4.78, 5) is 30.9. The van der Waals surface area contributed by atoms with Crippen LogP contribution in [-0.2, 0) is 16.1 Å². The van der Waals surface area contributed by atoms with Crippen LogP contribution in [0.25, 0.3) is 5.57 Å². The third-order valence-corrected chi connectivity index (χ3v) is 7.67. The van der Waals surface area contributed by atoms with Gasteiger partial charge in [-0.2, -0.15) is 0 Å². The molecular formula is C26H19ClN2O2S2. The van der Waals surface area contributed by atoms with Gasteiger partial charge in [-0.15, -0.1) is 0 Å². The van der Waals surface area contributed by atoms with Crippen molar-refractivity contribution < 1.29 is 9.59 Å². The van der Waals surface area contributed by atoms with E-state index in [2.05, 4.69) is 0 Å². The molecule has 0 aliphatic carbocycles. The maximum atomic E-state index is 13.7. The lowest BCUT2D eigenvalue weighted by Gasteiger charge is -2.23. The van der Waals surface area contributed by atoms with Gasteiger partial charge in [-0.1, -0.05) is 102 Å². The SMILES string of the molecule is C[C@@H](c1ccccc1)N1C(=O)/C(=C2/C(=O)N(Cc3ccccc3Cl)c3ccccc32)SC1=S. The number of thiocarbonyl (C=S) groups is 1. The molecule has 2 aliphatic rings.